The first-order valence-electron chi connectivity index (χ1n) is 8.46. The van der Waals surface area contributed by atoms with Gasteiger partial charge in [0.2, 0.25) is 5.01 Å². The molecule has 0 bridgehead atoms. The van der Waals surface area contributed by atoms with E-state index in [-0.39, 0.29) is 29.5 Å². The van der Waals surface area contributed by atoms with E-state index in [1.165, 1.54) is 0 Å². The summed E-state index contributed by atoms with van der Waals surface area (Å²) in [5.41, 5.74) is 0.640. The molecule has 1 aromatic heterocycles. The van der Waals surface area contributed by atoms with Crippen molar-refractivity contribution >= 4 is 29.0 Å². The first-order valence-corrected chi connectivity index (χ1v) is 9.28. The quantitative estimate of drug-likeness (QED) is 0.720. The van der Waals surface area contributed by atoms with Crippen LogP contribution in [0.4, 0.5) is 10.5 Å². The predicted octanol–water partition coefficient (Wildman–Crippen LogP) is 2.54. The van der Waals surface area contributed by atoms with Crippen LogP contribution in [-0.4, -0.2) is 35.3 Å². The van der Waals surface area contributed by atoms with E-state index in [9.17, 15) is 9.59 Å². The van der Waals surface area contributed by atoms with Crippen LogP contribution in [0.1, 0.15) is 40.5 Å². The smallest absolute Gasteiger partial charge is 0.315 e. The Balaban J connectivity index is 1.48. The van der Waals surface area contributed by atoms with Crippen molar-refractivity contribution in [2.75, 3.05) is 12.4 Å². The number of carbonyl (C=O) groups is 2. The van der Waals surface area contributed by atoms with Crippen LogP contribution in [0.3, 0.4) is 0 Å². The van der Waals surface area contributed by atoms with Gasteiger partial charge in [0.25, 0.3) is 5.91 Å². The maximum Gasteiger partial charge on any atom is 0.315 e. The minimum atomic E-state index is -0.339. The normalized spacial score (nSPS) is 14.0. The lowest BCUT2D eigenvalue weighted by molar-refractivity contribution is 0.102. The number of nitrogens with zero attached hydrogens (tertiary/aromatic N) is 2. The highest BCUT2D eigenvalue weighted by atomic mass is 32.1. The Kier molecular flexibility index (Phi) is 6.00. The molecule has 3 amide bonds. The van der Waals surface area contributed by atoms with Gasteiger partial charge in [-0.3, -0.25) is 4.79 Å². The monoisotopic (exact) mass is 375 g/mol. The van der Waals surface area contributed by atoms with E-state index in [1.54, 1.807) is 31.4 Å². The fourth-order valence-electron chi connectivity index (χ4n) is 2.74. The number of ether oxygens (including phenoxy) is 1. The van der Waals surface area contributed by atoms with Crippen molar-refractivity contribution in [3.63, 3.8) is 0 Å². The molecule has 1 heterocycles. The molecule has 1 aliphatic rings. The van der Waals surface area contributed by atoms with Gasteiger partial charge in [-0.1, -0.05) is 24.2 Å². The lowest BCUT2D eigenvalue weighted by atomic mass is 10.3. The summed E-state index contributed by atoms with van der Waals surface area (Å²) in [4.78, 5) is 24.1. The Morgan fingerprint density at radius 3 is 2.62 bits per heavy atom. The average Bonchev–Trinajstić information content (AvgIpc) is 3.32. The van der Waals surface area contributed by atoms with E-state index < -0.39 is 0 Å². The van der Waals surface area contributed by atoms with Crippen molar-refractivity contribution in [3.05, 3.63) is 34.3 Å². The van der Waals surface area contributed by atoms with E-state index in [2.05, 4.69) is 26.1 Å². The second kappa shape index (κ2) is 8.61. The van der Waals surface area contributed by atoms with E-state index >= 15 is 0 Å². The molecular weight excluding hydrogens is 354 g/mol. The van der Waals surface area contributed by atoms with Crippen molar-refractivity contribution < 1.29 is 14.3 Å². The van der Waals surface area contributed by atoms with Gasteiger partial charge < -0.3 is 20.7 Å². The van der Waals surface area contributed by atoms with Gasteiger partial charge in [0.1, 0.15) is 10.8 Å². The van der Waals surface area contributed by atoms with E-state index in [0.29, 0.717) is 16.4 Å². The summed E-state index contributed by atoms with van der Waals surface area (Å²) in [5.74, 6) is 0.373. The van der Waals surface area contributed by atoms with Crippen LogP contribution in [0.5, 0.6) is 5.75 Å². The average molecular weight is 375 g/mol. The molecule has 1 aliphatic carbocycles. The Morgan fingerprint density at radius 1 is 1.19 bits per heavy atom. The molecule has 1 fully saturated rings. The van der Waals surface area contributed by atoms with Crippen molar-refractivity contribution in [2.45, 2.75) is 38.3 Å². The molecule has 138 valence electrons. The highest BCUT2D eigenvalue weighted by Gasteiger charge is 2.18. The number of amides is 3. The summed E-state index contributed by atoms with van der Waals surface area (Å²) >= 11 is 1.15. The van der Waals surface area contributed by atoms with Crippen LogP contribution >= 0.6 is 11.3 Å². The first kappa shape index (κ1) is 18.1. The molecule has 0 spiro atoms. The number of aromatic nitrogens is 2. The number of benzene rings is 1. The molecule has 3 N–H and O–H groups in total. The zero-order valence-corrected chi connectivity index (χ0v) is 15.3. The summed E-state index contributed by atoms with van der Waals surface area (Å²) in [5, 5.41) is 17.1. The molecular formula is C17H21N5O3S. The minimum Gasteiger partial charge on any atom is -0.497 e. The second-order valence-electron chi connectivity index (χ2n) is 5.99. The summed E-state index contributed by atoms with van der Waals surface area (Å²) in [7, 11) is 1.58. The number of hydrogen-bond donors (Lipinski definition) is 3. The Labute approximate surface area is 155 Å². The Morgan fingerprint density at radius 2 is 1.92 bits per heavy atom. The van der Waals surface area contributed by atoms with Crippen LogP contribution in [0.15, 0.2) is 24.3 Å². The van der Waals surface area contributed by atoms with Crippen LogP contribution in [0.25, 0.3) is 0 Å². The highest BCUT2D eigenvalue weighted by molar-refractivity contribution is 7.13. The van der Waals surface area contributed by atoms with Gasteiger partial charge in [0.15, 0.2) is 0 Å². The number of nitrogens with one attached hydrogen (secondary N) is 3. The first-order chi connectivity index (χ1) is 12.6. The number of hydrogen-bond acceptors (Lipinski definition) is 6. The third kappa shape index (κ3) is 4.92. The number of carbonyl (C=O) groups excluding carboxylic acids is 2. The lowest BCUT2D eigenvalue weighted by Crippen LogP contribution is -2.40. The maximum absolute atomic E-state index is 12.2. The standard InChI is InChI=1S/C17H21N5O3S/c1-25-13-8-6-12(7-9-13)19-15(23)16-22-21-14(26-16)10-18-17(24)20-11-4-2-3-5-11/h6-9,11H,2-5,10H2,1H3,(H,19,23)(H2,18,20,24). The number of anilines is 1. The summed E-state index contributed by atoms with van der Waals surface area (Å²) < 4.78 is 5.08. The summed E-state index contributed by atoms with van der Waals surface area (Å²) in [6.45, 7) is 0.242. The van der Waals surface area contributed by atoms with Crippen LogP contribution in [0, 0.1) is 0 Å². The molecule has 9 heteroatoms. The van der Waals surface area contributed by atoms with Gasteiger partial charge in [0.05, 0.1) is 13.7 Å². The molecule has 0 aliphatic heterocycles. The van der Waals surface area contributed by atoms with Crippen molar-refractivity contribution in [1.82, 2.24) is 20.8 Å². The predicted molar refractivity (Wildman–Crippen MR) is 98.5 cm³/mol. The largest absolute Gasteiger partial charge is 0.497 e. The molecule has 2 aromatic rings. The molecule has 26 heavy (non-hydrogen) atoms. The fourth-order valence-corrected chi connectivity index (χ4v) is 3.41. The minimum absolute atomic E-state index is 0.212. The van der Waals surface area contributed by atoms with Crippen LogP contribution in [0.2, 0.25) is 0 Å². The molecule has 0 radical (unpaired) electrons. The van der Waals surface area contributed by atoms with Gasteiger partial charge in [-0.05, 0) is 37.1 Å². The molecule has 1 saturated carbocycles. The van der Waals surface area contributed by atoms with E-state index in [1.807, 2.05) is 0 Å². The zero-order chi connectivity index (χ0) is 18.4. The third-order valence-electron chi connectivity index (χ3n) is 4.10. The number of urea groups is 1. The van der Waals surface area contributed by atoms with Gasteiger partial charge in [-0.2, -0.15) is 0 Å². The lowest BCUT2D eigenvalue weighted by Gasteiger charge is -2.11. The highest BCUT2D eigenvalue weighted by Crippen LogP contribution is 2.18. The number of methoxy groups -OCH3 is 1. The second-order valence-corrected chi connectivity index (χ2v) is 7.05. The third-order valence-corrected chi connectivity index (χ3v) is 5.02. The molecule has 8 nitrogen and oxygen atoms in total. The molecule has 0 saturated heterocycles. The van der Waals surface area contributed by atoms with Crippen molar-refractivity contribution in [3.8, 4) is 5.75 Å². The molecule has 3 rings (SSSR count). The van der Waals surface area contributed by atoms with Gasteiger partial charge >= 0.3 is 6.03 Å². The Hall–Kier alpha value is -2.68. The fraction of sp³-hybridized carbons (Fsp3) is 0.412. The molecule has 0 atom stereocenters. The maximum atomic E-state index is 12.2. The topological polar surface area (TPSA) is 105 Å². The SMILES string of the molecule is COc1ccc(NC(=O)c2nnc(CNC(=O)NC3CCCC3)s2)cc1. The van der Waals surface area contributed by atoms with Gasteiger partial charge in [-0.25, -0.2) is 4.79 Å². The number of rotatable bonds is 6. The van der Waals surface area contributed by atoms with Crippen molar-refractivity contribution in [1.29, 1.82) is 0 Å². The van der Waals surface area contributed by atoms with Crippen LogP contribution in [-0.2, 0) is 6.54 Å². The van der Waals surface area contributed by atoms with Crippen LogP contribution < -0.4 is 20.7 Å². The molecule has 1 aromatic carbocycles. The van der Waals surface area contributed by atoms with Gasteiger partial charge in [-0.15, -0.1) is 10.2 Å². The summed E-state index contributed by atoms with van der Waals surface area (Å²) in [6, 6.07) is 7.05. The summed E-state index contributed by atoms with van der Waals surface area (Å²) in [6.07, 6.45) is 4.38. The van der Waals surface area contributed by atoms with Gasteiger partial charge in [0, 0.05) is 11.7 Å². The van der Waals surface area contributed by atoms with E-state index in [4.69, 9.17) is 4.74 Å². The van der Waals surface area contributed by atoms with Crippen molar-refractivity contribution in [2.24, 2.45) is 0 Å². The Bertz CT molecular complexity index is 756. The molecule has 0 unspecified atom stereocenters. The zero-order valence-electron chi connectivity index (χ0n) is 14.4. The van der Waals surface area contributed by atoms with E-state index in [0.717, 1.165) is 37.0 Å².